The number of hydrogen-bond acceptors (Lipinski definition) is 5. The number of ether oxygens (including phenoxy) is 1. The van der Waals surface area contributed by atoms with Gasteiger partial charge < -0.3 is 10.1 Å². The maximum absolute atomic E-state index is 12.5. The van der Waals surface area contributed by atoms with Crippen molar-refractivity contribution in [2.45, 2.75) is 24.8 Å². The van der Waals surface area contributed by atoms with Crippen LogP contribution in [0.5, 0.6) is 0 Å². The fraction of sp³-hybridized carbons (Fsp3) is 0.583. The van der Waals surface area contributed by atoms with E-state index in [0.717, 1.165) is 0 Å². The minimum atomic E-state index is -3.68. The Kier molecular flexibility index (Phi) is 6.38. The highest BCUT2D eigenvalue weighted by atomic mass is 79.9. The summed E-state index contributed by atoms with van der Waals surface area (Å²) in [6.07, 6.45) is 1.54. The summed E-state index contributed by atoms with van der Waals surface area (Å²) in [7, 11) is -0.503. The first-order chi connectivity index (χ1) is 9.31. The zero-order chi connectivity index (χ0) is 15.3. The zero-order valence-electron chi connectivity index (χ0n) is 12.0. The molecule has 1 unspecified atom stereocenters. The summed E-state index contributed by atoms with van der Waals surface area (Å²) in [5.74, 6) is 0.420. The number of nitrogens with zero attached hydrogens (tertiary/aromatic N) is 1. The van der Waals surface area contributed by atoms with Crippen LogP contribution in [0.4, 0.5) is 5.82 Å². The Morgan fingerprint density at radius 3 is 2.60 bits per heavy atom. The first kappa shape index (κ1) is 17.4. The Bertz CT molecular complexity index is 549. The predicted octanol–water partition coefficient (Wildman–Crippen LogP) is 1.84. The highest BCUT2D eigenvalue weighted by Crippen LogP contribution is 2.23. The van der Waals surface area contributed by atoms with Crippen molar-refractivity contribution >= 4 is 31.8 Å². The Hall–Kier alpha value is -0.700. The normalized spacial score (nSPS) is 13.5. The lowest BCUT2D eigenvalue weighted by molar-refractivity contribution is 0.157. The van der Waals surface area contributed by atoms with Crippen LogP contribution < -0.4 is 10.0 Å². The standard InChI is InChI=1S/C12H20BrN3O3S/c1-8(2)10(7-19-4)16-20(17,18)11-5-9(13)6-15-12(11)14-3/h5-6,8,10,16H,7H2,1-4H3,(H,14,15). The van der Waals surface area contributed by atoms with E-state index in [4.69, 9.17) is 4.74 Å². The van der Waals surface area contributed by atoms with E-state index in [9.17, 15) is 8.42 Å². The third kappa shape index (κ3) is 4.41. The van der Waals surface area contributed by atoms with E-state index in [-0.39, 0.29) is 16.9 Å². The van der Waals surface area contributed by atoms with Gasteiger partial charge in [-0.3, -0.25) is 0 Å². The van der Waals surface area contributed by atoms with Crippen LogP contribution >= 0.6 is 15.9 Å². The second-order valence-corrected chi connectivity index (χ2v) is 7.28. The summed E-state index contributed by atoms with van der Waals surface area (Å²) in [6, 6.07) is 1.22. The van der Waals surface area contributed by atoms with Crippen molar-refractivity contribution in [2.24, 2.45) is 5.92 Å². The first-order valence-corrected chi connectivity index (χ1v) is 8.44. The quantitative estimate of drug-likeness (QED) is 0.770. The van der Waals surface area contributed by atoms with Crippen molar-refractivity contribution in [1.29, 1.82) is 0 Å². The molecule has 0 spiro atoms. The Balaban J connectivity index is 3.13. The molecule has 0 bridgehead atoms. The minimum Gasteiger partial charge on any atom is -0.383 e. The van der Waals surface area contributed by atoms with Crippen molar-refractivity contribution in [3.63, 3.8) is 0 Å². The molecule has 0 saturated heterocycles. The topological polar surface area (TPSA) is 80.3 Å². The summed E-state index contributed by atoms with van der Waals surface area (Å²) in [4.78, 5) is 4.16. The van der Waals surface area contributed by atoms with Crippen LogP contribution in [0.15, 0.2) is 21.6 Å². The molecule has 1 rings (SSSR count). The Morgan fingerprint density at radius 1 is 1.45 bits per heavy atom. The minimum absolute atomic E-state index is 0.108. The van der Waals surface area contributed by atoms with Gasteiger partial charge in [0, 0.05) is 30.9 Å². The van der Waals surface area contributed by atoms with E-state index < -0.39 is 10.0 Å². The van der Waals surface area contributed by atoms with Gasteiger partial charge >= 0.3 is 0 Å². The molecule has 0 aliphatic carbocycles. The summed E-state index contributed by atoms with van der Waals surface area (Å²) in [5, 5.41) is 2.78. The SMILES string of the molecule is CNc1ncc(Br)cc1S(=O)(=O)NC(COC)C(C)C. The van der Waals surface area contributed by atoms with E-state index in [0.29, 0.717) is 16.9 Å². The number of sulfonamides is 1. The van der Waals surface area contributed by atoms with Gasteiger partial charge in [0.15, 0.2) is 0 Å². The van der Waals surface area contributed by atoms with E-state index in [1.54, 1.807) is 20.4 Å². The number of halogens is 1. The van der Waals surface area contributed by atoms with Gasteiger partial charge in [-0.15, -0.1) is 0 Å². The fourth-order valence-corrected chi connectivity index (χ4v) is 3.66. The predicted molar refractivity (Wildman–Crippen MR) is 82.3 cm³/mol. The molecular formula is C12H20BrN3O3S. The molecule has 0 fully saturated rings. The van der Waals surface area contributed by atoms with Gasteiger partial charge in [-0.2, -0.15) is 0 Å². The van der Waals surface area contributed by atoms with Crippen molar-refractivity contribution in [2.75, 3.05) is 26.1 Å². The third-order valence-corrected chi connectivity index (χ3v) is 4.74. The van der Waals surface area contributed by atoms with Crippen LogP contribution in [-0.2, 0) is 14.8 Å². The molecule has 6 nitrogen and oxygen atoms in total. The zero-order valence-corrected chi connectivity index (χ0v) is 14.4. The molecule has 2 N–H and O–H groups in total. The van der Waals surface area contributed by atoms with Gasteiger partial charge in [-0.1, -0.05) is 13.8 Å². The van der Waals surface area contributed by atoms with Crippen molar-refractivity contribution in [3.05, 3.63) is 16.7 Å². The van der Waals surface area contributed by atoms with Crippen LogP contribution in [0.25, 0.3) is 0 Å². The number of methoxy groups -OCH3 is 1. The van der Waals surface area contributed by atoms with Gasteiger partial charge in [0.25, 0.3) is 0 Å². The molecule has 1 heterocycles. The molecule has 0 aromatic carbocycles. The first-order valence-electron chi connectivity index (χ1n) is 6.16. The van der Waals surface area contributed by atoms with Gasteiger partial charge in [-0.05, 0) is 27.9 Å². The molecule has 0 aliphatic rings. The van der Waals surface area contributed by atoms with Crippen LogP contribution in [0.3, 0.4) is 0 Å². The largest absolute Gasteiger partial charge is 0.383 e. The average molecular weight is 366 g/mol. The van der Waals surface area contributed by atoms with Crippen LogP contribution in [0, 0.1) is 5.92 Å². The number of rotatable bonds is 7. The van der Waals surface area contributed by atoms with Gasteiger partial charge in [-0.25, -0.2) is 18.1 Å². The molecule has 1 aromatic heterocycles. The van der Waals surface area contributed by atoms with Crippen LogP contribution in [-0.4, -0.2) is 40.2 Å². The highest BCUT2D eigenvalue weighted by molar-refractivity contribution is 9.10. The molecule has 8 heteroatoms. The molecule has 0 aliphatic heterocycles. The maximum atomic E-state index is 12.5. The summed E-state index contributed by atoms with van der Waals surface area (Å²) in [6.45, 7) is 4.18. The molecule has 0 radical (unpaired) electrons. The van der Waals surface area contributed by atoms with Crippen LogP contribution in [0.1, 0.15) is 13.8 Å². The van der Waals surface area contributed by atoms with E-state index in [1.807, 2.05) is 13.8 Å². The maximum Gasteiger partial charge on any atom is 0.244 e. The second kappa shape index (κ2) is 7.35. The monoisotopic (exact) mass is 365 g/mol. The van der Waals surface area contributed by atoms with Gasteiger partial charge in [0.05, 0.1) is 6.61 Å². The average Bonchev–Trinajstić information content (AvgIpc) is 2.38. The highest BCUT2D eigenvalue weighted by Gasteiger charge is 2.25. The Morgan fingerprint density at radius 2 is 2.10 bits per heavy atom. The smallest absolute Gasteiger partial charge is 0.244 e. The van der Waals surface area contributed by atoms with Crippen molar-refractivity contribution in [3.8, 4) is 0 Å². The molecule has 20 heavy (non-hydrogen) atoms. The number of aromatic nitrogens is 1. The number of hydrogen-bond donors (Lipinski definition) is 2. The van der Waals surface area contributed by atoms with Crippen molar-refractivity contribution < 1.29 is 13.2 Å². The van der Waals surface area contributed by atoms with Crippen molar-refractivity contribution in [1.82, 2.24) is 9.71 Å². The molecule has 1 atom stereocenters. The lowest BCUT2D eigenvalue weighted by Gasteiger charge is -2.22. The number of nitrogens with one attached hydrogen (secondary N) is 2. The lowest BCUT2D eigenvalue weighted by Crippen LogP contribution is -2.41. The summed E-state index contributed by atoms with van der Waals surface area (Å²) in [5.41, 5.74) is 0. The lowest BCUT2D eigenvalue weighted by atomic mass is 10.1. The number of anilines is 1. The molecule has 1 aromatic rings. The number of pyridine rings is 1. The second-order valence-electron chi connectivity index (χ2n) is 4.68. The van der Waals surface area contributed by atoms with E-state index >= 15 is 0 Å². The third-order valence-electron chi connectivity index (χ3n) is 2.80. The van der Waals surface area contributed by atoms with Gasteiger partial charge in [0.2, 0.25) is 10.0 Å². The van der Waals surface area contributed by atoms with E-state index in [2.05, 4.69) is 31.0 Å². The Labute approximate surface area is 128 Å². The molecule has 0 amide bonds. The molecular weight excluding hydrogens is 346 g/mol. The molecule has 114 valence electrons. The van der Waals surface area contributed by atoms with Gasteiger partial charge in [0.1, 0.15) is 10.7 Å². The van der Waals surface area contributed by atoms with E-state index in [1.165, 1.54) is 6.07 Å². The summed E-state index contributed by atoms with van der Waals surface area (Å²) >= 11 is 3.24. The summed E-state index contributed by atoms with van der Waals surface area (Å²) < 4.78 is 33.3. The van der Waals surface area contributed by atoms with Crippen LogP contribution in [0.2, 0.25) is 0 Å². The molecule has 0 saturated carbocycles. The fourth-order valence-electron chi connectivity index (χ4n) is 1.62.